The molecule has 98 valence electrons. The standard InChI is InChI=1S/C15H16N2O2/c1-11-4-5-12(9-14(11)16)6-7-15(18)17-10-13-3-2-8-19-13/h2-9H,10,16H2,1H3,(H,17,18)/b7-6+. The summed E-state index contributed by atoms with van der Waals surface area (Å²) < 4.78 is 5.12. The molecule has 0 saturated carbocycles. The lowest BCUT2D eigenvalue weighted by molar-refractivity contribution is -0.116. The van der Waals surface area contributed by atoms with Crippen LogP contribution in [-0.4, -0.2) is 5.91 Å². The van der Waals surface area contributed by atoms with Gasteiger partial charge in [-0.15, -0.1) is 0 Å². The Morgan fingerprint density at radius 1 is 1.42 bits per heavy atom. The van der Waals surface area contributed by atoms with E-state index in [1.165, 1.54) is 6.08 Å². The summed E-state index contributed by atoms with van der Waals surface area (Å²) in [6.45, 7) is 2.32. The normalized spacial score (nSPS) is 10.8. The fourth-order valence-corrected chi connectivity index (χ4v) is 1.58. The summed E-state index contributed by atoms with van der Waals surface area (Å²) in [5.41, 5.74) is 8.45. The number of rotatable bonds is 4. The third kappa shape index (κ3) is 3.74. The zero-order valence-corrected chi connectivity index (χ0v) is 10.7. The highest BCUT2D eigenvalue weighted by atomic mass is 16.3. The van der Waals surface area contributed by atoms with Crippen molar-refractivity contribution in [2.24, 2.45) is 0 Å². The van der Waals surface area contributed by atoms with Crippen LogP contribution in [0.25, 0.3) is 6.08 Å². The first-order valence-corrected chi connectivity index (χ1v) is 5.99. The summed E-state index contributed by atoms with van der Waals surface area (Å²) in [4.78, 5) is 11.6. The Hall–Kier alpha value is -2.49. The van der Waals surface area contributed by atoms with Gasteiger partial charge in [0.15, 0.2) is 0 Å². The number of furan rings is 1. The van der Waals surface area contributed by atoms with E-state index in [0.29, 0.717) is 6.54 Å². The Bertz CT molecular complexity index is 586. The van der Waals surface area contributed by atoms with Crippen LogP contribution < -0.4 is 11.1 Å². The number of amides is 1. The second kappa shape index (κ2) is 5.91. The number of nitrogen functional groups attached to an aromatic ring is 1. The van der Waals surface area contributed by atoms with E-state index in [-0.39, 0.29) is 5.91 Å². The predicted octanol–water partition coefficient (Wildman–Crippen LogP) is 2.50. The van der Waals surface area contributed by atoms with Gasteiger partial charge in [0.2, 0.25) is 5.91 Å². The van der Waals surface area contributed by atoms with Crippen molar-refractivity contribution in [1.82, 2.24) is 5.32 Å². The van der Waals surface area contributed by atoms with Crippen molar-refractivity contribution in [3.63, 3.8) is 0 Å². The second-order valence-electron chi connectivity index (χ2n) is 4.25. The summed E-state index contributed by atoms with van der Waals surface area (Å²) in [6.07, 6.45) is 4.78. The van der Waals surface area contributed by atoms with Crippen LogP contribution in [0.1, 0.15) is 16.9 Å². The highest BCUT2D eigenvalue weighted by Crippen LogP contribution is 2.13. The summed E-state index contributed by atoms with van der Waals surface area (Å²) in [5, 5.41) is 2.73. The average molecular weight is 256 g/mol. The van der Waals surface area contributed by atoms with E-state index in [1.807, 2.05) is 31.2 Å². The number of carbonyl (C=O) groups excluding carboxylic acids is 1. The number of benzene rings is 1. The Kier molecular flexibility index (Phi) is 4.03. The maximum atomic E-state index is 11.6. The molecule has 0 saturated heterocycles. The van der Waals surface area contributed by atoms with Crippen LogP contribution in [0.2, 0.25) is 0 Å². The topological polar surface area (TPSA) is 68.3 Å². The first-order chi connectivity index (χ1) is 9.15. The van der Waals surface area contributed by atoms with E-state index in [4.69, 9.17) is 10.2 Å². The molecule has 4 nitrogen and oxygen atoms in total. The molecule has 0 spiro atoms. The number of aryl methyl sites for hydroxylation is 1. The lowest BCUT2D eigenvalue weighted by atomic mass is 10.1. The van der Waals surface area contributed by atoms with Crippen molar-refractivity contribution >= 4 is 17.7 Å². The molecule has 2 aromatic rings. The summed E-state index contributed by atoms with van der Waals surface area (Å²) in [7, 11) is 0. The Morgan fingerprint density at radius 3 is 2.95 bits per heavy atom. The SMILES string of the molecule is Cc1ccc(/C=C/C(=O)NCc2ccco2)cc1N. The third-order valence-electron chi connectivity index (χ3n) is 2.75. The van der Waals surface area contributed by atoms with Gasteiger partial charge in [0.05, 0.1) is 12.8 Å². The van der Waals surface area contributed by atoms with Gasteiger partial charge >= 0.3 is 0 Å². The van der Waals surface area contributed by atoms with Gasteiger partial charge in [0.25, 0.3) is 0 Å². The Morgan fingerprint density at radius 2 is 2.26 bits per heavy atom. The zero-order chi connectivity index (χ0) is 13.7. The molecule has 3 N–H and O–H groups in total. The number of nitrogens with two attached hydrogens (primary N) is 1. The minimum absolute atomic E-state index is 0.171. The van der Waals surface area contributed by atoms with E-state index in [2.05, 4.69) is 5.32 Å². The second-order valence-corrected chi connectivity index (χ2v) is 4.25. The van der Waals surface area contributed by atoms with Crippen LogP contribution >= 0.6 is 0 Å². The molecule has 1 aromatic carbocycles. The highest BCUT2D eigenvalue weighted by Gasteiger charge is 1.99. The molecule has 0 aliphatic heterocycles. The summed E-state index contributed by atoms with van der Waals surface area (Å²) in [6, 6.07) is 9.28. The smallest absolute Gasteiger partial charge is 0.244 e. The monoisotopic (exact) mass is 256 g/mol. The van der Waals surface area contributed by atoms with Crippen molar-refractivity contribution in [2.45, 2.75) is 13.5 Å². The molecule has 4 heteroatoms. The van der Waals surface area contributed by atoms with Gasteiger partial charge in [0.1, 0.15) is 5.76 Å². The van der Waals surface area contributed by atoms with Gasteiger partial charge < -0.3 is 15.5 Å². The van der Waals surface area contributed by atoms with E-state index in [9.17, 15) is 4.79 Å². The average Bonchev–Trinajstić information content (AvgIpc) is 2.91. The molecule has 2 rings (SSSR count). The number of hydrogen-bond acceptors (Lipinski definition) is 3. The fourth-order valence-electron chi connectivity index (χ4n) is 1.58. The number of nitrogens with one attached hydrogen (secondary N) is 1. The molecule has 0 unspecified atom stereocenters. The maximum Gasteiger partial charge on any atom is 0.244 e. The molecule has 0 radical (unpaired) electrons. The van der Waals surface area contributed by atoms with Crippen molar-refractivity contribution < 1.29 is 9.21 Å². The molecule has 0 atom stereocenters. The van der Waals surface area contributed by atoms with Crippen molar-refractivity contribution in [1.29, 1.82) is 0 Å². The van der Waals surface area contributed by atoms with Crippen LogP contribution in [-0.2, 0) is 11.3 Å². The van der Waals surface area contributed by atoms with Gasteiger partial charge in [-0.25, -0.2) is 0 Å². The Balaban J connectivity index is 1.90. The van der Waals surface area contributed by atoms with E-state index >= 15 is 0 Å². The largest absolute Gasteiger partial charge is 0.467 e. The van der Waals surface area contributed by atoms with Gasteiger partial charge in [-0.1, -0.05) is 12.1 Å². The van der Waals surface area contributed by atoms with E-state index in [0.717, 1.165) is 22.6 Å². The molecule has 0 bridgehead atoms. The minimum Gasteiger partial charge on any atom is -0.467 e. The van der Waals surface area contributed by atoms with Crippen molar-refractivity contribution in [3.8, 4) is 0 Å². The minimum atomic E-state index is -0.171. The van der Waals surface area contributed by atoms with Gasteiger partial charge in [-0.2, -0.15) is 0 Å². The van der Waals surface area contributed by atoms with Crippen LogP contribution in [0, 0.1) is 6.92 Å². The Labute approximate surface area is 111 Å². The molecule has 19 heavy (non-hydrogen) atoms. The van der Waals surface area contributed by atoms with Gasteiger partial charge in [-0.05, 0) is 42.3 Å². The molecule has 1 heterocycles. The van der Waals surface area contributed by atoms with Crippen LogP contribution in [0.3, 0.4) is 0 Å². The lowest BCUT2D eigenvalue weighted by Gasteiger charge is -2.01. The molecule has 0 fully saturated rings. The fraction of sp³-hybridized carbons (Fsp3) is 0.133. The van der Waals surface area contributed by atoms with Crippen LogP contribution in [0.4, 0.5) is 5.69 Å². The molecular weight excluding hydrogens is 240 g/mol. The van der Waals surface area contributed by atoms with Crippen molar-refractivity contribution in [2.75, 3.05) is 5.73 Å². The first-order valence-electron chi connectivity index (χ1n) is 5.99. The molecule has 0 aliphatic carbocycles. The summed E-state index contributed by atoms with van der Waals surface area (Å²) in [5.74, 6) is 0.553. The molecule has 1 amide bonds. The number of carbonyl (C=O) groups is 1. The van der Waals surface area contributed by atoms with Gasteiger partial charge in [0, 0.05) is 11.8 Å². The molecule has 0 aliphatic rings. The van der Waals surface area contributed by atoms with Crippen LogP contribution in [0.5, 0.6) is 0 Å². The highest BCUT2D eigenvalue weighted by molar-refractivity contribution is 5.91. The van der Waals surface area contributed by atoms with Gasteiger partial charge in [-0.3, -0.25) is 4.79 Å². The number of anilines is 1. The molecule has 1 aromatic heterocycles. The maximum absolute atomic E-state index is 11.6. The van der Waals surface area contributed by atoms with E-state index < -0.39 is 0 Å². The lowest BCUT2D eigenvalue weighted by Crippen LogP contribution is -2.19. The van der Waals surface area contributed by atoms with E-state index in [1.54, 1.807) is 18.4 Å². The quantitative estimate of drug-likeness (QED) is 0.652. The summed E-state index contributed by atoms with van der Waals surface area (Å²) >= 11 is 0. The number of hydrogen-bond donors (Lipinski definition) is 2. The zero-order valence-electron chi connectivity index (χ0n) is 10.7. The van der Waals surface area contributed by atoms with Crippen LogP contribution in [0.15, 0.2) is 47.1 Å². The predicted molar refractivity (Wildman–Crippen MR) is 75.2 cm³/mol. The third-order valence-corrected chi connectivity index (χ3v) is 2.75. The van der Waals surface area contributed by atoms with Crippen molar-refractivity contribution in [3.05, 3.63) is 59.6 Å². The molecular formula is C15H16N2O2. The first kappa shape index (κ1) is 13.0.